The van der Waals surface area contributed by atoms with Crippen molar-refractivity contribution in [3.8, 4) is 0 Å². The van der Waals surface area contributed by atoms with Gasteiger partial charge in [0.25, 0.3) is 0 Å². The van der Waals surface area contributed by atoms with Gasteiger partial charge in [0.15, 0.2) is 0 Å². The number of halogens is 1. The van der Waals surface area contributed by atoms with Crippen LogP contribution >= 0.6 is 15.9 Å². The van der Waals surface area contributed by atoms with Gasteiger partial charge in [-0.3, -0.25) is 4.90 Å². The quantitative estimate of drug-likeness (QED) is 0.924. The van der Waals surface area contributed by atoms with Crippen LogP contribution in [0.15, 0.2) is 22.7 Å². The lowest BCUT2D eigenvalue weighted by Crippen LogP contribution is -2.47. The van der Waals surface area contributed by atoms with E-state index in [9.17, 15) is 0 Å². The molecular formula is C13H20BrN3. The van der Waals surface area contributed by atoms with Crippen LogP contribution in [0.5, 0.6) is 0 Å². The first-order valence-electron chi connectivity index (χ1n) is 6.14. The largest absolute Gasteiger partial charge is 0.369 e. The van der Waals surface area contributed by atoms with E-state index < -0.39 is 0 Å². The number of nitrogens with two attached hydrogens (primary N) is 1. The van der Waals surface area contributed by atoms with Gasteiger partial charge in [0.2, 0.25) is 0 Å². The molecule has 1 aliphatic rings. The highest BCUT2D eigenvalue weighted by Crippen LogP contribution is 2.23. The van der Waals surface area contributed by atoms with Crippen LogP contribution in [0.2, 0.25) is 0 Å². The molecule has 0 radical (unpaired) electrons. The summed E-state index contributed by atoms with van der Waals surface area (Å²) in [7, 11) is 0. The third-order valence-corrected chi connectivity index (χ3v) is 4.21. The Kier molecular flexibility index (Phi) is 4.42. The number of anilines is 1. The molecule has 94 valence electrons. The van der Waals surface area contributed by atoms with Gasteiger partial charge in [-0.1, -0.05) is 15.9 Å². The zero-order valence-electron chi connectivity index (χ0n) is 10.3. The van der Waals surface area contributed by atoms with Crippen LogP contribution in [0.1, 0.15) is 5.56 Å². The van der Waals surface area contributed by atoms with Crippen LogP contribution in [-0.4, -0.2) is 44.2 Å². The number of rotatable bonds is 3. The van der Waals surface area contributed by atoms with Crippen molar-refractivity contribution in [2.45, 2.75) is 6.92 Å². The normalized spacial score (nSPS) is 17.5. The summed E-state index contributed by atoms with van der Waals surface area (Å²) in [6.07, 6.45) is 0. The van der Waals surface area contributed by atoms with Gasteiger partial charge in [0.05, 0.1) is 0 Å². The van der Waals surface area contributed by atoms with Gasteiger partial charge in [-0.15, -0.1) is 0 Å². The van der Waals surface area contributed by atoms with Gasteiger partial charge in [-0.2, -0.15) is 0 Å². The smallest absolute Gasteiger partial charge is 0.0370 e. The van der Waals surface area contributed by atoms with Gasteiger partial charge >= 0.3 is 0 Å². The first kappa shape index (κ1) is 12.9. The molecule has 0 saturated carbocycles. The van der Waals surface area contributed by atoms with E-state index in [4.69, 9.17) is 5.73 Å². The van der Waals surface area contributed by atoms with Gasteiger partial charge in [0, 0.05) is 49.4 Å². The summed E-state index contributed by atoms with van der Waals surface area (Å²) in [5, 5.41) is 0. The second-order valence-corrected chi connectivity index (χ2v) is 5.41. The maximum Gasteiger partial charge on any atom is 0.0370 e. The molecular weight excluding hydrogens is 278 g/mol. The topological polar surface area (TPSA) is 32.5 Å². The van der Waals surface area contributed by atoms with Crippen molar-refractivity contribution >= 4 is 21.6 Å². The zero-order valence-corrected chi connectivity index (χ0v) is 11.9. The zero-order chi connectivity index (χ0) is 12.3. The summed E-state index contributed by atoms with van der Waals surface area (Å²) in [4.78, 5) is 4.88. The number of hydrogen-bond donors (Lipinski definition) is 1. The van der Waals surface area contributed by atoms with Crippen molar-refractivity contribution in [1.82, 2.24) is 4.90 Å². The summed E-state index contributed by atoms with van der Waals surface area (Å²) in [5.41, 5.74) is 8.21. The maximum absolute atomic E-state index is 5.58. The molecule has 1 fully saturated rings. The van der Waals surface area contributed by atoms with E-state index in [2.05, 4.69) is 50.9 Å². The van der Waals surface area contributed by atoms with E-state index in [1.807, 2.05) is 0 Å². The molecule has 3 nitrogen and oxygen atoms in total. The molecule has 0 spiro atoms. The highest BCUT2D eigenvalue weighted by Gasteiger charge is 2.16. The van der Waals surface area contributed by atoms with Crippen LogP contribution in [0.4, 0.5) is 5.69 Å². The Bertz CT molecular complexity index is 373. The van der Waals surface area contributed by atoms with Gasteiger partial charge in [-0.25, -0.2) is 0 Å². The summed E-state index contributed by atoms with van der Waals surface area (Å²) < 4.78 is 1.18. The van der Waals surface area contributed by atoms with Crippen molar-refractivity contribution in [3.05, 3.63) is 28.2 Å². The van der Waals surface area contributed by atoms with Gasteiger partial charge in [0.1, 0.15) is 0 Å². The van der Waals surface area contributed by atoms with Crippen LogP contribution in [0.25, 0.3) is 0 Å². The highest BCUT2D eigenvalue weighted by atomic mass is 79.9. The van der Waals surface area contributed by atoms with Crippen molar-refractivity contribution in [1.29, 1.82) is 0 Å². The number of hydrogen-bond acceptors (Lipinski definition) is 3. The first-order valence-corrected chi connectivity index (χ1v) is 6.93. The molecule has 0 aromatic heterocycles. The number of aryl methyl sites for hydroxylation is 1. The van der Waals surface area contributed by atoms with Crippen LogP contribution in [0, 0.1) is 6.92 Å². The lowest BCUT2D eigenvalue weighted by molar-refractivity contribution is 0.265. The Labute approximate surface area is 112 Å². The fraction of sp³-hybridized carbons (Fsp3) is 0.538. The SMILES string of the molecule is Cc1cc(N2CCN(CCN)CC2)ccc1Br. The van der Waals surface area contributed by atoms with Gasteiger partial charge in [-0.05, 0) is 30.7 Å². The molecule has 1 aromatic carbocycles. The van der Waals surface area contributed by atoms with E-state index >= 15 is 0 Å². The predicted molar refractivity (Wildman–Crippen MR) is 76.6 cm³/mol. The summed E-state index contributed by atoms with van der Waals surface area (Å²) in [5.74, 6) is 0. The van der Waals surface area contributed by atoms with Gasteiger partial charge < -0.3 is 10.6 Å². The maximum atomic E-state index is 5.58. The third kappa shape index (κ3) is 3.21. The third-order valence-electron chi connectivity index (χ3n) is 3.32. The Morgan fingerprint density at radius 2 is 1.94 bits per heavy atom. The minimum atomic E-state index is 0.761. The van der Waals surface area contributed by atoms with E-state index in [-0.39, 0.29) is 0 Å². The molecule has 2 rings (SSSR count). The van der Waals surface area contributed by atoms with E-state index in [1.165, 1.54) is 15.7 Å². The molecule has 4 heteroatoms. The molecule has 2 N–H and O–H groups in total. The van der Waals surface area contributed by atoms with Crippen molar-refractivity contribution < 1.29 is 0 Å². The Morgan fingerprint density at radius 3 is 2.53 bits per heavy atom. The Morgan fingerprint density at radius 1 is 1.24 bits per heavy atom. The standard InChI is InChI=1S/C13H20BrN3/c1-11-10-12(2-3-13(11)14)17-8-6-16(5-4-15)7-9-17/h2-3,10H,4-9,15H2,1H3. The monoisotopic (exact) mass is 297 g/mol. The lowest BCUT2D eigenvalue weighted by Gasteiger charge is -2.36. The molecule has 1 aliphatic heterocycles. The molecule has 0 atom stereocenters. The minimum Gasteiger partial charge on any atom is -0.369 e. The average molecular weight is 298 g/mol. The molecule has 0 unspecified atom stereocenters. The average Bonchev–Trinajstić information content (AvgIpc) is 2.34. The molecule has 0 aliphatic carbocycles. The second-order valence-electron chi connectivity index (χ2n) is 4.55. The van der Waals surface area contributed by atoms with Crippen molar-refractivity contribution in [2.24, 2.45) is 5.73 Å². The minimum absolute atomic E-state index is 0.761. The van der Waals surface area contributed by atoms with E-state index in [0.717, 1.165) is 39.3 Å². The molecule has 1 aromatic rings. The molecule has 1 saturated heterocycles. The summed E-state index contributed by atoms with van der Waals surface area (Å²) >= 11 is 3.54. The predicted octanol–water partition coefficient (Wildman–Crippen LogP) is 1.84. The van der Waals surface area contributed by atoms with Crippen LogP contribution in [0.3, 0.4) is 0 Å². The Balaban J connectivity index is 1.98. The first-order chi connectivity index (χ1) is 8.20. The second kappa shape index (κ2) is 5.85. The van der Waals surface area contributed by atoms with Crippen molar-refractivity contribution in [2.75, 3.05) is 44.2 Å². The molecule has 1 heterocycles. The number of piperazine rings is 1. The molecule has 0 bridgehead atoms. The van der Waals surface area contributed by atoms with Crippen LogP contribution in [-0.2, 0) is 0 Å². The number of nitrogens with zero attached hydrogens (tertiary/aromatic N) is 2. The van der Waals surface area contributed by atoms with Crippen molar-refractivity contribution in [3.63, 3.8) is 0 Å². The van der Waals surface area contributed by atoms with Crippen LogP contribution < -0.4 is 10.6 Å². The Hall–Kier alpha value is -0.580. The van der Waals surface area contributed by atoms with E-state index in [0.29, 0.717) is 0 Å². The summed E-state index contributed by atoms with van der Waals surface area (Å²) in [6, 6.07) is 6.58. The molecule has 17 heavy (non-hydrogen) atoms. The molecule has 0 amide bonds. The number of benzene rings is 1. The fourth-order valence-electron chi connectivity index (χ4n) is 2.24. The van der Waals surface area contributed by atoms with E-state index in [1.54, 1.807) is 0 Å². The summed E-state index contributed by atoms with van der Waals surface area (Å²) in [6.45, 7) is 8.35. The lowest BCUT2D eigenvalue weighted by atomic mass is 10.2. The highest BCUT2D eigenvalue weighted by molar-refractivity contribution is 9.10. The fourth-order valence-corrected chi connectivity index (χ4v) is 2.48.